The average Bonchev–Trinajstić information content (AvgIpc) is 2.65. The number of hydrogen-bond acceptors (Lipinski definition) is 4. The van der Waals surface area contributed by atoms with Gasteiger partial charge in [-0.15, -0.1) is 0 Å². The van der Waals surface area contributed by atoms with Crippen LogP contribution in [-0.2, 0) is 27.9 Å². The van der Waals surface area contributed by atoms with E-state index in [0.29, 0.717) is 11.6 Å². The highest BCUT2D eigenvalue weighted by Gasteiger charge is 2.28. The molecular formula is C21H28ClN3O3S. The van der Waals surface area contributed by atoms with E-state index in [9.17, 15) is 13.2 Å². The summed E-state index contributed by atoms with van der Waals surface area (Å²) in [6.45, 7) is 4.76. The first-order valence-corrected chi connectivity index (χ1v) is 11.2. The lowest BCUT2D eigenvalue weighted by molar-refractivity contribution is -0.123. The lowest BCUT2D eigenvalue weighted by Gasteiger charge is -2.22. The van der Waals surface area contributed by atoms with Gasteiger partial charge < -0.3 is 10.2 Å². The summed E-state index contributed by atoms with van der Waals surface area (Å²) < 4.78 is 27.8. The van der Waals surface area contributed by atoms with E-state index in [1.165, 1.54) is 29.8 Å². The number of sulfonamides is 1. The minimum atomic E-state index is -3.84. The summed E-state index contributed by atoms with van der Waals surface area (Å²) in [6, 6.07) is 12.9. The molecule has 6 nitrogen and oxygen atoms in total. The number of amides is 1. The molecule has 0 bridgehead atoms. The van der Waals surface area contributed by atoms with Gasteiger partial charge in [-0.2, -0.15) is 4.72 Å². The number of rotatable bonds is 9. The highest BCUT2D eigenvalue weighted by Crippen LogP contribution is 2.16. The second kappa shape index (κ2) is 10.2. The van der Waals surface area contributed by atoms with Crippen molar-refractivity contribution in [2.45, 2.75) is 37.9 Å². The summed E-state index contributed by atoms with van der Waals surface area (Å²) >= 11 is 5.82. The normalized spacial score (nSPS) is 12.9. The van der Waals surface area contributed by atoms with Crippen molar-refractivity contribution in [1.82, 2.24) is 14.9 Å². The van der Waals surface area contributed by atoms with Gasteiger partial charge in [-0.05, 0) is 55.4 Å². The number of halogens is 1. The van der Waals surface area contributed by atoms with E-state index in [4.69, 9.17) is 11.6 Å². The molecule has 158 valence electrons. The molecule has 2 N–H and O–H groups in total. The molecule has 29 heavy (non-hydrogen) atoms. The van der Waals surface area contributed by atoms with Crippen LogP contribution in [0.4, 0.5) is 0 Å². The predicted molar refractivity (Wildman–Crippen MR) is 116 cm³/mol. The third-order valence-electron chi connectivity index (χ3n) is 4.34. The largest absolute Gasteiger partial charge is 0.351 e. The fraction of sp³-hybridized carbons (Fsp3) is 0.381. The molecule has 2 aromatic carbocycles. The van der Waals surface area contributed by atoms with Crippen LogP contribution in [0.1, 0.15) is 25.0 Å². The van der Waals surface area contributed by atoms with Crippen molar-refractivity contribution in [2.24, 2.45) is 5.92 Å². The molecule has 0 aromatic heterocycles. The molecule has 1 amide bonds. The fourth-order valence-corrected chi connectivity index (χ4v) is 4.24. The zero-order valence-electron chi connectivity index (χ0n) is 17.1. The summed E-state index contributed by atoms with van der Waals surface area (Å²) in [5.74, 6) is -0.588. The molecular weight excluding hydrogens is 410 g/mol. The van der Waals surface area contributed by atoms with Crippen LogP contribution in [0.15, 0.2) is 53.4 Å². The molecule has 0 saturated heterocycles. The number of nitrogens with zero attached hydrogens (tertiary/aromatic N) is 1. The van der Waals surface area contributed by atoms with E-state index in [0.717, 1.165) is 12.1 Å². The van der Waals surface area contributed by atoms with Gasteiger partial charge in [-0.1, -0.05) is 49.7 Å². The molecule has 8 heteroatoms. The van der Waals surface area contributed by atoms with Gasteiger partial charge in [0.25, 0.3) is 0 Å². The van der Waals surface area contributed by atoms with Crippen LogP contribution in [-0.4, -0.2) is 39.4 Å². The van der Waals surface area contributed by atoms with Crippen molar-refractivity contribution < 1.29 is 13.2 Å². The summed E-state index contributed by atoms with van der Waals surface area (Å²) in [6.07, 6.45) is 0. The monoisotopic (exact) mass is 437 g/mol. The highest BCUT2D eigenvalue weighted by molar-refractivity contribution is 7.89. The van der Waals surface area contributed by atoms with E-state index >= 15 is 0 Å². The number of carbonyl (C=O) groups is 1. The molecule has 0 aliphatic heterocycles. The molecule has 0 aliphatic carbocycles. The number of nitrogens with one attached hydrogen (secondary N) is 2. The molecule has 0 fully saturated rings. The second-order valence-corrected chi connectivity index (χ2v) is 9.72. The van der Waals surface area contributed by atoms with E-state index < -0.39 is 16.1 Å². The Morgan fingerprint density at radius 2 is 1.55 bits per heavy atom. The molecule has 2 rings (SSSR count). The Morgan fingerprint density at radius 1 is 1.00 bits per heavy atom. The molecule has 0 saturated carbocycles. The summed E-state index contributed by atoms with van der Waals surface area (Å²) in [4.78, 5) is 14.8. The van der Waals surface area contributed by atoms with Gasteiger partial charge in [0, 0.05) is 18.1 Å². The standard InChI is InChI=1S/C21H28ClN3O3S/c1-15(2)20(24-29(27,28)19-11-9-18(22)10-12-19)21(26)23-13-16-5-7-17(8-6-16)14-25(3)4/h5-12,15,20,24H,13-14H2,1-4H3,(H,23,26). The quantitative estimate of drug-likeness (QED) is 0.632. The Morgan fingerprint density at radius 3 is 2.07 bits per heavy atom. The Kier molecular flexibility index (Phi) is 8.22. The summed E-state index contributed by atoms with van der Waals surface area (Å²) in [5.41, 5.74) is 2.13. The van der Waals surface area contributed by atoms with Gasteiger partial charge in [0.2, 0.25) is 15.9 Å². The maximum Gasteiger partial charge on any atom is 0.241 e. The van der Waals surface area contributed by atoms with Gasteiger partial charge in [0.1, 0.15) is 6.04 Å². The van der Waals surface area contributed by atoms with Gasteiger partial charge in [0.15, 0.2) is 0 Å². The first kappa shape index (κ1) is 23.3. The van der Waals surface area contributed by atoms with Gasteiger partial charge >= 0.3 is 0 Å². The Balaban J connectivity index is 2.03. The smallest absolute Gasteiger partial charge is 0.241 e. The molecule has 0 spiro atoms. The van der Waals surface area contributed by atoms with Crippen molar-refractivity contribution in [2.75, 3.05) is 14.1 Å². The van der Waals surface area contributed by atoms with E-state index in [1.54, 1.807) is 13.8 Å². The summed E-state index contributed by atoms with van der Waals surface area (Å²) in [7, 11) is 0.170. The molecule has 0 aliphatic rings. The van der Waals surface area contributed by atoms with Crippen molar-refractivity contribution in [3.05, 3.63) is 64.7 Å². The van der Waals surface area contributed by atoms with Crippen LogP contribution in [0.5, 0.6) is 0 Å². The van der Waals surface area contributed by atoms with Gasteiger partial charge in [-0.25, -0.2) is 8.42 Å². The van der Waals surface area contributed by atoms with Crippen molar-refractivity contribution in [3.8, 4) is 0 Å². The highest BCUT2D eigenvalue weighted by atomic mass is 35.5. The zero-order valence-corrected chi connectivity index (χ0v) is 18.7. The first-order chi connectivity index (χ1) is 13.6. The van der Waals surface area contributed by atoms with Crippen molar-refractivity contribution >= 4 is 27.5 Å². The Hall–Kier alpha value is -1.93. The second-order valence-electron chi connectivity index (χ2n) is 7.57. The maximum atomic E-state index is 12.7. The van der Waals surface area contributed by atoms with E-state index in [2.05, 4.69) is 14.9 Å². The summed E-state index contributed by atoms with van der Waals surface area (Å²) in [5, 5.41) is 3.27. The van der Waals surface area contributed by atoms with Crippen LogP contribution in [0.2, 0.25) is 5.02 Å². The first-order valence-electron chi connectivity index (χ1n) is 9.36. The van der Waals surface area contributed by atoms with Crippen molar-refractivity contribution in [3.63, 3.8) is 0 Å². The SMILES string of the molecule is CC(C)C(NS(=O)(=O)c1ccc(Cl)cc1)C(=O)NCc1ccc(CN(C)C)cc1. The lowest BCUT2D eigenvalue weighted by Crippen LogP contribution is -2.49. The minimum Gasteiger partial charge on any atom is -0.351 e. The van der Waals surface area contributed by atoms with Crippen LogP contribution in [0.25, 0.3) is 0 Å². The Bertz CT molecular complexity index is 911. The van der Waals surface area contributed by atoms with Gasteiger partial charge in [0.05, 0.1) is 4.90 Å². The van der Waals surface area contributed by atoms with Crippen LogP contribution < -0.4 is 10.0 Å². The molecule has 1 atom stereocenters. The zero-order chi connectivity index (χ0) is 21.6. The maximum absolute atomic E-state index is 12.7. The minimum absolute atomic E-state index is 0.0665. The van der Waals surface area contributed by atoms with E-state index in [1.807, 2.05) is 38.4 Å². The average molecular weight is 438 g/mol. The number of carbonyl (C=O) groups excluding carboxylic acids is 1. The molecule has 0 heterocycles. The topological polar surface area (TPSA) is 78.5 Å². The molecule has 1 unspecified atom stereocenters. The lowest BCUT2D eigenvalue weighted by atomic mass is 10.0. The number of hydrogen-bond donors (Lipinski definition) is 2. The van der Waals surface area contributed by atoms with Crippen molar-refractivity contribution in [1.29, 1.82) is 0 Å². The number of benzene rings is 2. The molecule has 0 radical (unpaired) electrons. The fourth-order valence-electron chi connectivity index (χ4n) is 2.77. The Labute approximate surface area is 178 Å². The molecule has 2 aromatic rings. The van der Waals surface area contributed by atoms with E-state index in [-0.39, 0.29) is 16.7 Å². The van der Waals surface area contributed by atoms with Crippen LogP contribution in [0, 0.1) is 5.92 Å². The predicted octanol–water partition coefficient (Wildman–Crippen LogP) is 3.02. The van der Waals surface area contributed by atoms with Crippen LogP contribution in [0.3, 0.4) is 0 Å². The third kappa shape index (κ3) is 7.12. The van der Waals surface area contributed by atoms with Gasteiger partial charge in [-0.3, -0.25) is 4.79 Å². The third-order valence-corrected chi connectivity index (χ3v) is 6.05. The van der Waals surface area contributed by atoms with Crippen LogP contribution >= 0.6 is 11.6 Å².